The monoisotopic (exact) mass is 244 g/mol. The number of nitrogen functional groups attached to an aromatic ring is 1. The fraction of sp³-hybridized carbons (Fsp3) is 0.143. The molecule has 0 aromatic heterocycles. The van der Waals surface area contributed by atoms with Gasteiger partial charge in [-0.2, -0.15) is 0 Å². The number of thioether (sulfide) groups is 1. The molecular weight excluding hydrogens is 228 g/mol. The van der Waals surface area contributed by atoms with Gasteiger partial charge in [-0.05, 0) is 42.2 Å². The third-order valence-corrected chi connectivity index (χ3v) is 3.24. The second kappa shape index (κ2) is 5.64. The van der Waals surface area contributed by atoms with Gasteiger partial charge in [0.2, 0.25) is 0 Å². The topological polar surface area (TPSA) is 38.0 Å². The molecule has 0 heterocycles. The molecule has 3 heteroatoms. The number of benzene rings is 2. The first-order valence-corrected chi connectivity index (χ1v) is 6.73. The molecule has 2 aromatic carbocycles. The van der Waals surface area contributed by atoms with Crippen LogP contribution in [-0.4, -0.2) is 6.26 Å². The van der Waals surface area contributed by atoms with Gasteiger partial charge in [-0.1, -0.05) is 18.2 Å². The minimum Gasteiger partial charge on any atom is -0.399 e. The zero-order valence-electron chi connectivity index (χ0n) is 9.81. The number of hydrogen-bond donors (Lipinski definition) is 2. The average molecular weight is 244 g/mol. The number of hydrogen-bond acceptors (Lipinski definition) is 3. The van der Waals surface area contributed by atoms with Gasteiger partial charge < -0.3 is 11.1 Å². The molecule has 0 aliphatic heterocycles. The first-order chi connectivity index (χ1) is 8.28. The lowest BCUT2D eigenvalue weighted by Crippen LogP contribution is -1.99. The maximum absolute atomic E-state index is 5.74. The summed E-state index contributed by atoms with van der Waals surface area (Å²) >= 11 is 1.75. The highest BCUT2D eigenvalue weighted by molar-refractivity contribution is 7.98. The average Bonchev–Trinajstić information content (AvgIpc) is 2.37. The Balaban J connectivity index is 2.02. The van der Waals surface area contributed by atoms with Crippen LogP contribution in [0, 0.1) is 0 Å². The Morgan fingerprint density at radius 3 is 2.71 bits per heavy atom. The molecule has 2 rings (SSSR count). The fourth-order valence-electron chi connectivity index (χ4n) is 1.64. The molecule has 2 aromatic rings. The van der Waals surface area contributed by atoms with Gasteiger partial charge in [-0.25, -0.2) is 0 Å². The van der Waals surface area contributed by atoms with Crippen LogP contribution in [0.4, 0.5) is 11.4 Å². The summed E-state index contributed by atoms with van der Waals surface area (Å²) in [5.41, 5.74) is 8.88. The van der Waals surface area contributed by atoms with Crippen molar-refractivity contribution in [1.82, 2.24) is 0 Å². The van der Waals surface area contributed by atoms with E-state index in [9.17, 15) is 0 Å². The molecule has 0 saturated carbocycles. The van der Waals surface area contributed by atoms with E-state index in [0.717, 1.165) is 17.9 Å². The Hall–Kier alpha value is -1.61. The first-order valence-electron chi connectivity index (χ1n) is 5.50. The first kappa shape index (κ1) is 11.9. The van der Waals surface area contributed by atoms with Crippen molar-refractivity contribution in [1.29, 1.82) is 0 Å². The van der Waals surface area contributed by atoms with E-state index in [-0.39, 0.29) is 0 Å². The van der Waals surface area contributed by atoms with Crippen LogP contribution in [0.25, 0.3) is 0 Å². The molecule has 0 aliphatic carbocycles. The summed E-state index contributed by atoms with van der Waals surface area (Å²) in [6, 6.07) is 16.3. The summed E-state index contributed by atoms with van der Waals surface area (Å²) in [5, 5.41) is 3.39. The second-order valence-electron chi connectivity index (χ2n) is 3.83. The van der Waals surface area contributed by atoms with E-state index < -0.39 is 0 Å². The second-order valence-corrected chi connectivity index (χ2v) is 4.71. The van der Waals surface area contributed by atoms with Crippen LogP contribution < -0.4 is 11.1 Å². The Morgan fingerprint density at radius 1 is 1.12 bits per heavy atom. The molecule has 0 atom stereocenters. The maximum Gasteiger partial charge on any atom is 0.0401 e. The van der Waals surface area contributed by atoms with Crippen molar-refractivity contribution in [3.05, 3.63) is 54.1 Å². The summed E-state index contributed by atoms with van der Waals surface area (Å²) in [5.74, 6) is 0. The van der Waals surface area contributed by atoms with Gasteiger partial charge in [-0.3, -0.25) is 0 Å². The van der Waals surface area contributed by atoms with E-state index in [0.29, 0.717) is 0 Å². The minimum absolute atomic E-state index is 0.795. The molecule has 0 spiro atoms. The van der Waals surface area contributed by atoms with Crippen LogP contribution >= 0.6 is 11.8 Å². The maximum atomic E-state index is 5.74. The zero-order valence-corrected chi connectivity index (χ0v) is 10.6. The molecule has 0 amide bonds. The van der Waals surface area contributed by atoms with E-state index >= 15 is 0 Å². The predicted molar refractivity (Wildman–Crippen MR) is 76.4 cm³/mol. The van der Waals surface area contributed by atoms with Gasteiger partial charge in [0.15, 0.2) is 0 Å². The Morgan fingerprint density at radius 2 is 1.94 bits per heavy atom. The van der Waals surface area contributed by atoms with Crippen molar-refractivity contribution in [3.63, 3.8) is 0 Å². The van der Waals surface area contributed by atoms with Gasteiger partial charge in [-0.15, -0.1) is 11.8 Å². The van der Waals surface area contributed by atoms with E-state index in [2.05, 4.69) is 41.9 Å². The third kappa shape index (κ3) is 3.43. The quantitative estimate of drug-likeness (QED) is 0.637. The van der Waals surface area contributed by atoms with Gasteiger partial charge >= 0.3 is 0 Å². The smallest absolute Gasteiger partial charge is 0.0401 e. The predicted octanol–water partition coefficient (Wildman–Crippen LogP) is 3.60. The summed E-state index contributed by atoms with van der Waals surface area (Å²) < 4.78 is 0. The standard InChI is InChI=1S/C14H16N2S/c1-17-14-7-3-6-13(9-14)16-10-11-4-2-5-12(15)8-11/h2-9,16H,10,15H2,1H3. The molecular formula is C14H16N2S. The normalized spacial score (nSPS) is 10.2. The zero-order chi connectivity index (χ0) is 12.1. The van der Waals surface area contributed by atoms with Crippen molar-refractivity contribution in [2.24, 2.45) is 0 Å². The van der Waals surface area contributed by atoms with Crippen molar-refractivity contribution in [3.8, 4) is 0 Å². The molecule has 0 unspecified atom stereocenters. The van der Waals surface area contributed by atoms with Gasteiger partial charge in [0, 0.05) is 22.8 Å². The molecule has 0 saturated heterocycles. The summed E-state index contributed by atoms with van der Waals surface area (Å²) in [6.07, 6.45) is 2.08. The number of anilines is 2. The third-order valence-electron chi connectivity index (χ3n) is 2.52. The summed E-state index contributed by atoms with van der Waals surface area (Å²) in [4.78, 5) is 1.27. The van der Waals surface area contributed by atoms with Crippen LogP contribution in [0.5, 0.6) is 0 Å². The lowest BCUT2D eigenvalue weighted by molar-refractivity contribution is 1.15. The van der Waals surface area contributed by atoms with Crippen molar-refractivity contribution >= 4 is 23.1 Å². The Labute approximate surface area is 106 Å². The van der Waals surface area contributed by atoms with Crippen LogP contribution in [0.1, 0.15) is 5.56 Å². The molecule has 0 fully saturated rings. The molecule has 0 aliphatic rings. The molecule has 0 bridgehead atoms. The fourth-order valence-corrected chi connectivity index (χ4v) is 2.10. The van der Waals surface area contributed by atoms with Crippen molar-refractivity contribution < 1.29 is 0 Å². The number of nitrogens with one attached hydrogen (secondary N) is 1. The van der Waals surface area contributed by atoms with Crippen molar-refractivity contribution in [2.75, 3.05) is 17.3 Å². The highest BCUT2D eigenvalue weighted by Crippen LogP contribution is 2.19. The highest BCUT2D eigenvalue weighted by Gasteiger charge is 1.96. The summed E-state index contributed by atoms with van der Waals surface area (Å²) in [7, 11) is 0. The lowest BCUT2D eigenvalue weighted by Gasteiger charge is -2.08. The molecule has 17 heavy (non-hydrogen) atoms. The van der Waals surface area contributed by atoms with Crippen LogP contribution in [-0.2, 0) is 6.54 Å². The van der Waals surface area contributed by atoms with Crippen LogP contribution in [0.2, 0.25) is 0 Å². The van der Waals surface area contributed by atoms with E-state index in [4.69, 9.17) is 5.73 Å². The van der Waals surface area contributed by atoms with Crippen LogP contribution in [0.15, 0.2) is 53.4 Å². The van der Waals surface area contributed by atoms with E-state index in [1.165, 1.54) is 10.5 Å². The Bertz CT molecular complexity index is 497. The lowest BCUT2D eigenvalue weighted by atomic mass is 10.2. The van der Waals surface area contributed by atoms with E-state index in [1.807, 2.05) is 18.2 Å². The highest BCUT2D eigenvalue weighted by atomic mass is 32.2. The number of nitrogens with two attached hydrogens (primary N) is 1. The summed E-state index contributed by atoms with van der Waals surface area (Å²) in [6.45, 7) is 0.795. The molecule has 0 radical (unpaired) electrons. The van der Waals surface area contributed by atoms with Crippen molar-refractivity contribution in [2.45, 2.75) is 11.4 Å². The minimum atomic E-state index is 0.795. The molecule has 3 N–H and O–H groups in total. The molecule has 88 valence electrons. The number of rotatable bonds is 4. The van der Waals surface area contributed by atoms with Gasteiger partial charge in [0.25, 0.3) is 0 Å². The van der Waals surface area contributed by atoms with Crippen LogP contribution in [0.3, 0.4) is 0 Å². The van der Waals surface area contributed by atoms with Gasteiger partial charge in [0.05, 0.1) is 0 Å². The SMILES string of the molecule is CSc1cccc(NCc2cccc(N)c2)c1. The Kier molecular flexibility index (Phi) is 3.94. The largest absolute Gasteiger partial charge is 0.399 e. The van der Waals surface area contributed by atoms with E-state index in [1.54, 1.807) is 11.8 Å². The van der Waals surface area contributed by atoms with Gasteiger partial charge in [0.1, 0.15) is 0 Å². The molecule has 2 nitrogen and oxygen atoms in total.